The van der Waals surface area contributed by atoms with Crippen LogP contribution in [0.1, 0.15) is 55.1 Å². The molecule has 2 heterocycles. The number of ether oxygens (including phenoxy) is 1. The van der Waals surface area contributed by atoms with E-state index in [0.29, 0.717) is 0 Å². The first kappa shape index (κ1) is 29.6. The number of nitrogens with zero attached hydrogens (tertiary/aromatic N) is 1. The van der Waals surface area contributed by atoms with E-state index in [9.17, 15) is 0 Å². The zero-order valence-corrected chi connectivity index (χ0v) is 28.1. The fourth-order valence-electron chi connectivity index (χ4n) is 7.89. The predicted molar refractivity (Wildman–Crippen MR) is 202 cm³/mol. The molecule has 3 aliphatic carbocycles. The Bertz CT molecular complexity index is 2240. The van der Waals surface area contributed by atoms with Crippen molar-refractivity contribution in [2.45, 2.75) is 46.0 Å². The van der Waals surface area contributed by atoms with Crippen molar-refractivity contribution < 1.29 is 9.15 Å². The molecule has 1 aromatic heterocycles. The van der Waals surface area contributed by atoms with E-state index < -0.39 is 0 Å². The lowest BCUT2D eigenvalue weighted by atomic mass is 9.72. The van der Waals surface area contributed by atoms with Gasteiger partial charge in [-0.3, -0.25) is 0 Å². The third-order valence-corrected chi connectivity index (χ3v) is 10.7. The molecule has 4 aromatic carbocycles. The van der Waals surface area contributed by atoms with Gasteiger partial charge in [0.2, 0.25) is 0 Å². The van der Waals surface area contributed by atoms with E-state index >= 15 is 0 Å². The second kappa shape index (κ2) is 11.9. The summed E-state index contributed by atoms with van der Waals surface area (Å²) in [7, 11) is 0. The molecular weight excluding hydrogens is 599 g/mol. The number of anilines is 3. The first-order chi connectivity index (χ1) is 24.0. The molecule has 0 bridgehead atoms. The van der Waals surface area contributed by atoms with E-state index in [-0.39, 0.29) is 5.41 Å². The molecule has 0 spiro atoms. The Morgan fingerprint density at radius 2 is 1.47 bits per heavy atom. The zero-order chi connectivity index (χ0) is 33.0. The quantitative estimate of drug-likeness (QED) is 0.185. The fourth-order valence-corrected chi connectivity index (χ4v) is 7.89. The van der Waals surface area contributed by atoms with Crippen LogP contribution in [0.3, 0.4) is 0 Å². The van der Waals surface area contributed by atoms with Crippen LogP contribution in [-0.2, 0) is 11.2 Å². The Labute approximate surface area is 288 Å². The standard InChI is InChI=1S/C46H39NO2/c1-31-13-18-34(19-14-31)35-20-24-41-44(29-35)49-45-28-33(25-26-46(41,45)2)16-15-32-17-22-39-40-23-21-38(30-43(40)48-42(39)27-32)47(36-9-5-3-6-10-36)37-11-7-4-8-12-37/h3-16,18-19,21,23,25,27-30H,17,20,22,24,26H2,1-2H3. The maximum atomic E-state index is 6.59. The molecule has 0 saturated heterocycles. The molecule has 5 aromatic rings. The summed E-state index contributed by atoms with van der Waals surface area (Å²) in [5.41, 5.74) is 13.4. The van der Waals surface area contributed by atoms with Crippen LogP contribution >= 0.6 is 0 Å². The monoisotopic (exact) mass is 637 g/mol. The van der Waals surface area contributed by atoms with E-state index in [2.05, 4.69) is 158 Å². The van der Waals surface area contributed by atoms with E-state index in [0.717, 1.165) is 72.0 Å². The van der Waals surface area contributed by atoms with Crippen molar-refractivity contribution >= 4 is 39.7 Å². The normalized spacial score (nSPS) is 19.8. The Hall–Kier alpha value is -5.54. The molecule has 49 heavy (non-hydrogen) atoms. The van der Waals surface area contributed by atoms with E-state index in [1.54, 1.807) is 0 Å². The van der Waals surface area contributed by atoms with E-state index in [1.807, 2.05) is 0 Å². The van der Waals surface area contributed by atoms with Gasteiger partial charge in [-0.1, -0.05) is 84.5 Å². The molecule has 0 N–H and O–H groups in total. The Kier molecular flexibility index (Phi) is 7.16. The molecule has 240 valence electrons. The van der Waals surface area contributed by atoms with Crippen LogP contribution in [0.25, 0.3) is 22.6 Å². The third kappa shape index (κ3) is 5.31. The van der Waals surface area contributed by atoms with Crippen LogP contribution in [0.2, 0.25) is 0 Å². The summed E-state index contributed by atoms with van der Waals surface area (Å²) in [5.74, 6) is 3.11. The number of rotatable bonds is 6. The van der Waals surface area contributed by atoms with Crippen molar-refractivity contribution in [3.05, 3.63) is 184 Å². The van der Waals surface area contributed by atoms with Gasteiger partial charge in [-0.2, -0.15) is 0 Å². The number of allylic oxidation sites excluding steroid dienone is 9. The van der Waals surface area contributed by atoms with Gasteiger partial charge in [-0.25, -0.2) is 0 Å². The molecule has 9 rings (SSSR count). The average molecular weight is 638 g/mol. The SMILES string of the molecule is Cc1ccc(C2=CC3=C(CC2)C2(C)CC=C(C=CC4=Cc5oc6cc(N(c7ccccc7)c7ccccc7)ccc6c5CC4)C=C2O3)cc1. The fraction of sp³-hybridized carbons (Fsp3) is 0.174. The van der Waals surface area contributed by atoms with Crippen LogP contribution in [0.4, 0.5) is 17.1 Å². The molecule has 1 aliphatic heterocycles. The summed E-state index contributed by atoms with van der Waals surface area (Å²) in [6.45, 7) is 4.49. The van der Waals surface area contributed by atoms with Crippen molar-refractivity contribution in [1.29, 1.82) is 0 Å². The summed E-state index contributed by atoms with van der Waals surface area (Å²) in [6.07, 6.45) is 18.7. The van der Waals surface area contributed by atoms with Crippen LogP contribution in [0.5, 0.6) is 0 Å². The predicted octanol–water partition coefficient (Wildman–Crippen LogP) is 12.5. The topological polar surface area (TPSA) is 25.6 Å². The average Bonchev–Trinajstić information content (AvgIpc) is 3.65. The van der Waals surface area contributed by atoms with Crippen molar-refractivity contribution in [1.82, 2.24) is 0 Å². The van der Waals surface area contributed by atoms with Gasteiger partial charge >= 0.3 is 0 Å². The molecular formula is C46H39NO2. The van der Waals surface area contributed by atoms with Gasteiger partial charge in [0.15, 0.2) is 0 Å². The highest BCUT2D eigenvalue weighted by Gasteiger charge is 2.44. The molecule has 1 atom stereocenters. The molecule has 0 amide bonds. The summed E-state index contributed by atoms with van der Waals surface area (Å²) in [6, 6.07) is 36.5. The molecule has 0 fully saturated rings. The molecule has 4 aliphatic rings. The van der Waals surface area contributed by atoms with Crippen LogP contribution in [0, 0.1) is 12.3 Å². The second-order valence-corrected chi connectivity index (χ2v) is 13.9. The van der Waals surface area contributed by atoms with Crippen LogP contribution < -0.4 is 4.90 Å². The van der Waals surface area contributed by atoms with E-state index in [4.69, 9.17) is 9.15 Å². The lowest BCUT2D eigenvalue weighted by molar-refractivity contribution is 0.274. The molecule has 3 heteroatoms. The number of hydrogen-bond acceptors (Lipinski definition) is 3. The summed E-state index contributed by atoms with van der Waals surface area (Å²) >= 11 is 0. The van der Waals surface area contributed by atoms with Crippen molar-refractivity contribution in [2.24, 2.45) is 5.41 Å². The maximum Gasteiger partial charge on any atom is 0.137 e. The van der Waals surface area contributed by atoms with Gasteiger partial charge in [0.05, 0.1) is 5.41 Å². The Morgan fingerprint density at radius 1 is 0.714 bits per heavy atom. The van der Waals surface area contributed by atoms with Gasteiger partial charge in [0.1, 0.15) is 22.9 Å². The number of hydrogen-bond donors (Lipinski definition) is 0. The molecule has 1 unspecified atom stereocenters. The lowest BCUT2D eigenvalue weighted by Crippen LogP contribution is -2.21. The van der Waals surface area contributed by atoms with Gasteiger partial charge in [0.25, 0.3) is 0 Å². The van der Waals surface area contributed by atoms with Crippen LogP contribution in [-0.4, -0.2) is 0 Å². The highest BCUT2D eigenvalue weighted by atomic mass is 16.5. The van der Waals surface area contributed by atoms with Gasteiger partial charge in [-0.15, -0.1) is 0 Å². The summed E-state index contributed by atoms with van der Waals surface area (Å²) < 4.78 is 13.1. The smallest absolute Gasteiger partial charge is 0.137 e. The first-order valence-electron chi connectivity index (χ1n) is 17.5. The van der Waals surface area contributed by atoms with Gasteiger partial charge in [0, 0.05) is 34.1 Å². The van der Waals surface area contributed by atoms with Crippen molar-refractivity contribution in [3.63, 3.8) is 0 Å². The molecule has 3 nitrogen and oxygen atoms in total. The summed E-state index contributed by atoms with van der Waals surface area (Å²) in [4.78, 5) is 2.28. The Balaban J connectivity index is 0.954. The van der Waals surface area contributed by atoms with Crippen molar-refractivity contribution in [3.8, 4) is 0 Å². The minimum atomic E-state index is -0.0509. The lowest BCUT2D eigenvalue weighted by Gasteiger charge is -2.29. The highest BCUT2D eigenvalue weighted by molar-refractivity contribution is 5.90. The Morgan fingerprint density at radius 3 is 2.22 bits per heavy atom. The minimum absolute atomic E-state index is 0.0509. The zero-order valence-electron chi connectivity index (χ0n) is 28.1. The third-order valence-electron chi connectivity index (χ3n) is 10.7. The van der Waals surface area contributed by atoms with Gasteiger partial charge in [-0.05, 0) is 128 Å². The van der Waals surface area contributed by atoms with E-state index in [1.165, 1.54) is 44.4 Å². The largest absolute Gasteiger partial charge is 0.461 e. The van der Waals surface area contributed by atoms with Crippen LogP contribution in [0.15, 0.2) is 166 Å². The molecule has 0 saturated carbocycles. The van der Waals surface area contributed by atoms with Crippen molar-refractivity contribution in [2.75, 3.05) is 4.90 Å². The maximum absolute atomic E-state index is 6.59. The highest BCUT2D eigenvalue weighted by Crippen LogP contribution is 2.55. The number of aryl methyl sites for hydroxylation is 2. The first-order valence-corrected chi connectivity index (χ1v) is 17.5. The summed E-state index contributed by atoms with van der Waals surface area (Å²) in [5, 5.41) is 1.20. The second-order valence-electron chi connectivity index (χ2n) is 13.9. The number of para-hydroxylation sites is 2. The number of fused-ring (bicyclic) bond motifs is 5. The minimum Gasteiger partial charge on any atom is -0.461 e. The number of furan rings is 1. The molecule has 0 radical (unpaired) electrons. The number of benzene rings is 4. The van der Waals surface area contributed by atoms with Gasteiger partial charge < -0.3 is 14.1 Å².